The number of carbonyl (C=O) groups is 1. The van der Waals surface area contributed by atoms with Gasteiger partial charge in [0, 0.05) is 16.6 Å². The summed E-state index contributed by atoms with van der Waals surface area (Å²) in [6.07, 6.45) is 3.58. The number of hydrogen-bond acceptors (Lipinski definition) is 8. The van der Waals surface area contributed by atoms with Crippen molar-refractivity contribution in [1.82, 2.24) is 19.7 Å². The lowest BCUT2D eigenvalue weighted by Crippen LogP contribution is -2.29. The third-order valence-corrected chi connectivity index (χ3v) is 10.2. The largest absolute Gasteiger partial charge is 0.493 e. The zero-order chi connectivity index (χ0) is 37.4. The zero-order valence-corrected chi connectivity index (χ0v) is 31.5. The summed E-state index contributed by atoms with van der Waals surface area (Å²) in [6, 6.07) is 27.2. The Morgan fingerprint density at radius 2 is 1.51 bits per heavy atom. The number of ether oxygens (including phenoxy) is 4. The molecule has 270 valence electrons. The van der Waals surface area contributed by atoms with Crippen LogP contribution < -0.4 is 18.9 Å². The van der Waals surface area contributed by atoms with Gasteiger partial charge in [0.25, 0.3) is 0 Å². The minimum Gasteiger partial charge on any atom is -0.493 e. The highest BCUT2D eigenvalue weighted by atomic mass is 16.5. The maximum absolute atomic E-state index is 14.5. The normalized spacial score (nSPS) is 14.9. The van der Waals surface area contributed by atoms with Gasteiger partial charge in [0.2, 0.25) is 5.75 Å². The predicted molar refractivity (Wildman–Crippen MR) is 208 cm³/mol. The third-order valence-electron chi connectivity index (χ3n) is 10.2. The fraction of sp³-hybridized carbons (Fsp3) is 0.273. The maximum Gasteiger partial charge on any atom is 0.344 e. The van der Waals surface area contributed by atoms with E-state index in [0.29, 0.717) is 35.0 Å². The molecule has 0 fully saturated rings. The van der Waals surface area contributed by atoms with Crippen molar-refractivity contribution in [3.05, 3.63) is 119 Å². The number of aryl methyl sites for hydroxylation is 2. The van der Waals surface area contributed by atoms with Gasteiger partial charge in [-0.05, 0) is 109 Å². The molecular formula is C44H44N4O5. The topological polar surface area (TPSA) is 97.6 Å². The highest BCUT2D eigenvalue weighted by Gasteiger charge is 2.36. The summed E-state index contributed by atoms with van der Waals surface area (Å²) < 4.78 is 25.1. The molecule has 0 N–H and O–H groups in total. The monoisotopic (exact) mass is 708 g/mol. The van der Waals surface area contributed by atoms with Crippen LogP contribution in [-0.4, -0.2) is 47.0 Å². The highest BCUT2D eigenvalue weighted by molar-refractivity contribution is 6.07. The molecule has 9 nitrogen and oxygen atoms in total. The van der Waals surface area contributed by atoms with Crippen molar-refractivity contribution in [2.45, 2.75) is 47.5 Å². The minimum absolute atomic E-state index is 0.0494. The van der Waals surface area contributed by atoms with E-state index in [1.54, 1.807) is 21.3 Å². The first-order valence-electron chi connectivity index (χ1n) is 17.7. The summed E-state index contributed by atoms with van der Waals surface area (Å²) in [7, 11) is 4.81. The molecule has 6 aromatic rings. The Morgan fingerprint density at radius 3 is 2.17 bits per heavy atom. The number of fused-ring (bicyclic) bond motifs is 2. The van der Waals surface area contributed by atoms with Gasteiger partial charge in [-0.1, -0.05) is 63.2 Å². The molecule has 1 unspecified atom stereocenters. The maximum atomic E-state index is 14.5. The van der Waals surface area contributed by atoms with E-state index in [1.807, 2.05) is 90.4 Å². The van der Waals surface area contributed by atoms with Gasteiger partial charge in [0.15, 0.2) is 17.3 Å². The van der Waals surface area contributed by atoms with Gasteiger partial charge in [0.1, 0.15) is 11.6 Å². The van der Waals surface area contributed by atoms with E-state index in [1.165, 1.54) is 0 Å². The molecule has 53 heavy (non-hydrogen) atoms. The van der Waals surface area contributed by atoms with Gasteiger partial charge in [0.05, 0.1) is 38.1 Å². The van der Waals surface area contributed by atoms with E-state index in [-0.39, 0.29) is 11.3 Å². The molecule has 0 saturated heterocycles. The number of carbonyl (C=O) groups excluding carboxylic acids is 1. The molecule has 0 aliphatic heterocycles. The lowest BCUT2D eigenvalue weighted by Gasteiger charge is -2.36. The number of aromatic nitrogens is 4. The number of methoxy groups -OCH3 is 3. The van der Waals surface area contributed by atoms with Crippen molar-refractivity contribution >= 4 is 28.5 Å². The summed E-state index contributed by atoms with van der Waals surface area (Å²) >= 11 is 0. The van der Waals surface area contributed by atoms with Gasteiger partial charge >= 0.3 is 5.97 Å². The summed E-state index contributed by atoms with van der Waals surface area (Å²) in [4.78, 5) is 19.7. The minimum atomic E-state index is -0.421. The fourth-order valence-electron chi connectivity index (χ4n) is 7.25. The Bertz CT molecular complexity index is 2340. The molecule has 0 bridgehead atoms. The van der Waals surface area contributed by atoms with Gasteiger partial charge in [-0.25, -0.2) is 9.78 Å². The average Bonchev–Trinajstić information content (AvgIpc) is 3.54. The molecule has 0 amide bonds. The molecule has 2 heterocycles. The second kappa shape index (κ2) is 14.2. The van der Waals surface area contributed by atoms with Crippen molar-refractivity contribution < 1.29 is 23.7 Å². The average molecular weight is 709 g/mol. The molecular weight excluding hydrogens is 665 g/mol. The standard InChI is InChI=1S/C44H44N4O5/c1-26-13-9-10-14-33(26)42-47-46-27(2)48(42)31-17-19-32(20-18-31)53-43(49)39-34-15-11-12-16-36(34)45-40-29(24-30(25-35(39)40)44(3,4)5)21-28-22-37(50-6)41(52-8)38(23-28)51-7/h9-23,30H,24-25H2,1-8H3/b29-21-. The van der Waals surface area contributed by atoms with E-state index in [0.717, 1.165) is 68.2 Å². The second-order valence-electron chi connectivity index (χ2n) is 14.5. The van der Waals surface area contributed by atoms with Gasteiger partial charge in [-0.15, -0.1) is 10.2 Å². The molecule has 9 heteroatoms. The Kier molecular flexibility index (Phi) is 9.51. The summed E-state index contributed by atoms with van der Waals surface area (Å²) in [6.45, 7) is 10.7. The van der Waals surface area contributed by atoms with Crippen molar-refractivity contribution in [3.8, 4) is 40.1 Å². The van der Waals surface area contributed by atoms with Crippen LogP contribution >= 0.6 is 0 Å². The summed E-state index contributed by atoms with van der Waals surface area (Å²) in [5.41, 5.74) is 7.78. The summed E-state index contributed by atoms with van der Waals surface area (Å²) in [5, 5.41) is 9.62. The first-order chi connectivity index (χ1) is 25.5. The van der Waals surface area contributed by atoms with E-state index in [2.05, 4.69) is 50.0 Å². The number of benzene rings is 4. The Morgan fingerprint density at radius 1 is 0.830 bits per heavy atom. The van der Waals surface area contributed by atoms with Crippen LogP contribution in [0.1, 0.15) is 65.8 Å². The smallest absolute Gasteiger partial charge is 0.344 e. The van der Waals surface area contributed by atoms with Crippen molar-refractivity contribution in [2.24, 2.45) is 11.3 Å². The number of nitrogens with zero attached hydrogens (tertiary/aromatic N) is 4. The number of para-hydroxylation sites is 1. The van der Waals surface area contributed by atoms with Gasteiger partial charge < -0.3 is 18.9 Å². The number of esters is 1. The van der Waals surface area contributed by atoms with Gasteiger partial charge in [-0.2, -0.15) is 0 Å². The first-order valence-corrected chi connectivity index (χ1v) is 17.7. The number of pyridine rings is 1. The molecule has 0 radical (unpaired) electrons. The van der Waals surface area contributed by atoms with E-state index < -0.39 is 5.97 Å². The van der Waals surface area contributed by atoms with E-state index in [9.17, 15) is 4.79 Å². The lowest BCUT2D eigenvalue weighted by atomic mass is 9.69. The van der Waals surface area contributed by atoms with Crippen LogP contribution in [0.2, 0.25) is 0 Å². The second-order valence-corrected chi connectivity index (χ2v) is 14.5. The van der Waals surface area contributed by atoms with Crippen LogP contribution in [0.15, 0.2) is 84.9 Å². The molecule has 4 aromatic carbocycles. The molecule has 0 saturated carbocycles. The van der Waals surface area contributed by atoms with Crippen LogP contribution in [0, 0.1) is 25.2 Å². The molecule has 0 spiro atoms. The van der Waals surface area contributed by atoms with E-state index >= 15 is 0 Å². The Balaban J connectivity index is 1.30. The Labute approximate surface area is 310 Å². The quantitative estimate of drug-likeness (QED) is 0.114. The van der Waals surface area contributed by atoms with Crippen molar-refractivity contribution in [2.75, 3.05) is 21.3 Å². The Hall–Kier alpha value is -5.96. The van der Waals surface area contributed by atoms with Crippen LogP contribution in [0.3, 0.4) is 0 Å². The van der Waals surface area contributed by atoms with Crippen LogP contribution in [0.5, 0.6) is 23.0 Å². The highest BCUT2D eigenvalue weighted by Crippen LogP contribution is 2.46. The van der Waals surface area contributed by atoms with Crippen molar-refractivity contribution in [3.63, 3.8) is 0 Å². The first kappa shape index (κ1) is 35.4. The molecule has 2 aromatic heterocycles. The molecule has 1 aliphatic rings. The number of hydrogen-bond donors (Lipinski definition) is 0. The zero-order valence-electron chi connectivity index (χ0n) is 31.5. The van der Waals surface area contributed by atoms with Crippen LogP contribution in [-0.2, 0) is 6.42 Å². The summed E-state index contributed by atoms with van der Waals surface area (Å²) in [5.74, 6) is 3.41. The van der Waals surface area contributed by atoms with E-state index in [4.69, 9.17) is 23.9 Å². The molecule has 1 aliphatic carbocycles. The predicted octanol–water partition coefficient (Wildman–Crippen LogP) is 9.49. The van der Waals surface area contributed by atoms with Crippen LogP contribution in [0.4, 0.5) is 0 Å². The fourth-order valence-corrected chi connectivity index (χ4v) is 7.25. The molecule has 7 rings (SSSR count). The third kappa shape index (κ3) is 6.75. The number of allylic oxidation sites excluding steroid dienone is 1. The van der Waals surface area contributed by atoms with Gasteiger partial charge in [-0.3, -0.25) is 4.57 Å². The van der Waals surface area contributed by atoms with Crippen LogP contribution in [0.25, 0.3) is 39.6 Å². The SMILES string of the molecule is COc1cc(/C=C2/CC(C(C)(C)C)Cc3c2nc2ccccc2c3C(=O)Oc2ccc(-n3c(C)nnc3-c3ccccc3C)cc2)cc(OC)c1OC. The number of rotatable bonds is 8. The lowest BCUT2D eigenvalue weighted by molar-refractivity contribution is 0.0734. The van der Waals surface area contributed by atoms with Crippen molar-refractivity contribution in [1.29, 1.82) is 0 Å². The molecule has 1 atom stereocenters.